The maximum atomic E-state index is 14.0. The van der Waals surface area contributed by atoms with Crippen molar-refractivity contribution in [2.24, 2.45) is 7.05 Å². The Bertz CT molecular complexity index is 1770. The molecule has 1 aliphatic heterocycles. The molecule has 14 heteroatoms. The number of alkyl carbamates (subject to hydrolysis) is 1. The third-order valence-corrected chi connectivity index (χ3v) is 7.47. The van der Waals surface area contributed by atoms with Crippen molar-refractivity contribution in [1.29, 1.82) is 0 Å². The quantitative estimate of drug-likeness (QED) is 0.192. The number of anilines is 2. The first-order valence-corrected chi connectivity index (χ1v) is 15.2. The Balaban J connectivity index is 1.70. The lowest BCUT2D eigenvalue weighted by atomic mass is 10.1. The zero-order valence-corrected chi connectivity index (χ0v) is 27.5. The van der Waals surface area contributed by atoms with E-state index in [-0.39, 0.29) is 29.3 Å². The number of aromatic nitrogens is 4. The van der Waals surface area contributed by atoms with Crippen LogP contribution in [0.1, 0.15) is 57.8 Å². The highest BCUT2D eigenvalue weighted by atomic mass is 16.6. The number of nitrogens with one attached hydrogen (secondary N) is 2. The third kappa shape index (κ3) is 8.03. The maximum absolute atomic E-state index is 14.0. The molecule has 1 saturated heterocycles. The number of aryl methyl sites for hydroxylation is 1. The van der Waals surface area contributed by atoms with Crippen molar-refractivity contribution in [3.8, 4) is 0 Å². The number of carbonyl (C=O) groups excluding carboxylic acids is 3. The predicted octanol–water partition coefficient (Wildman–Crippen LogP) is 2.82. The number of hydrogen-bond donors (Lipinski definition) is 2. The number of piperidine rings is 1. The molecule has 1 aromatic carbocycles. The number of hydrogen-bond acceptors (Lipinski definition) is 10. The molecular weight excluding hydrogens is 594 g/mol. The molecule has 1 atom stereocenters. The molecule has 46 heavy (non-hydrogen) atoms. The molecule has 0 bridgehead atoms. The van der Waals surface area contributed by atoms with Gasteiger partial charge in [-0.25, -0.2) is 9.59 Å². The average Bonchev–Trinajstić information content (AvgIpc) is 3.39. The summed E-state index contributed by atoms with van der Waals surface area (Å²) in [4.78, 5) is 71.6. The number of allylic oxidation sites excluding steroid dienone is 2. The highest BCUT2D eigenvalue weighted by molar-refractivity contribution is 5.97. The highest BCUT2D eigenvalue weighted by Gasteiger charge is 2.29. The van der Waals surface area contributed by atoms with Gasteiger partial charge < -0.3 is 29.6 Å². The van der Waals surface area contributed by atoms with E-state index in [0.717, 1.165) is 23.0 Å². The topological polar surface area (TPSA) is 159 Å². The number of esters is 1. The molecule has 3 heterocycles. The molecule has 2 aromatic heterocycles. The first-order chi connectivity index (χ1) is 21.7. The minimum absolute atomic E-state index is 0.0857. The van der Waals surface area contributed by atoms with Crippen LogP contribution in [0, 0.1) is 0 Å². The molecule has 0 saturated carbocycles. The molecule has 1 fully saturated rings. The highest BCUT2D eigenvalue weighted by Crippen LogP contribution is 2.24. The zero-order valence-electron chi connectivity index (χ0n) is 27.5. The zero-order chi connectivity index (χ0) is 33.8. The van der Waals surface area contributed by atoms with Crippen molar-refractivity contribution >= 4 is 40.6 Å². The molecule has 248 valence electrons. The van der Waals surface area contributed by atoms with E-state index in [2.05, 4.69) is 15.4 Å². The van der Waals surface area contributed by atoms with Gasteiger partial charge in [-0.1, -0.05) is 23.8 Å². The van der Waals surface area contributed by atoms with Crippen LogP contribution < -0.4 is 26.8 Å². The summed E-state index contributed by atoms with van der Waals surface area (Å²) in [6.07, 6.45) is 2.96. The summed E-state index contributed by atoms with van der Waals surface area (Å²) in [6.45, 7) is 10.1. The SMILES string of the molecule is COC(=O)CNc1cccc(C(=O)Cn2c(=O)c3c(nc(N4CCCC(NC(=O)OC(C)(C)C)C4)n3CC=C(C)C)n(C)c2=O)c1. The lowest BCUT2D eigenvalue weighted by molar-refractivity contribution is -0.138. The Morgan fingerprint density at radius 2 is 1.87 bits per heavy atom. The molecule has 14 nitrogen and oxygen atoms in total. The maximum Gasteiger partial charge on any atom is 0.407 e. The number of Topliss-reactive ketones (excluding diaryl/α,β-unsaturated/α-hetero) is 1. The number of nitrogens with zero attached hydrogens (tertiary/aromatic N) is 5. The normalized spacial score (nSPS) is 14.9. The van der Waals surface area contributed by atoms with Gasteiger partial charge in [-0.15, -0.1) is 0 Å². The van der Waals surface area contributed by atoms with Crippen LogP contribution in [0.2, 0.25) is 0 Å². The summed E-state index contributed by atoms with van der Waals surface area (Å²) in [5.74, 6) is -0.435. The number of fused-ring (bicyclic) bond motifs is 1. The standard InChI is InChI=1S/C32H43N7O7/c1-20(2)13-15-38-26-27(35-29(38)37-14-9-12-23(18-37)34-30(43)46-32(3,4)5)36(6)31(44)39(28(26)42)19-24(40)21-10-8-11-22(16-21)33-17-25(41)45-7/h8,10-11,13,16,23,33H,9,12,14-15,17-19H2,1-7H3,(H,34,43). The number of amides is 1. The number of imidazole rings is 1. The Morgan fingerprint density at radius 1 is 1.13 bits per heavy atom. The summed E-state index contributed by atoms with van der Waals surface area (Å²) >= 11 is 0. The smallest absolute Gasteiger partial charge is 0.407 e. The molecule has 4 rings (SSSR count). The van der Waals surface area contributed by atoms with E-state index in [9.17, 15) is 24.0 Å². The van der Waals surface area contributed by atoms with E-state index < -0.39 is 41.2 Å². The van der Waals surface area contributed by atoms with Crippen LogP contribution in [-0.4, -0.2) is 74.9 Å². The van der Waals surface area contributed by atoms with Crippen LogP contribution in [-0.2, 0) is 34.4 Å². The van der Waals surface area contributed by atoms with Gasteiger partial charge in [0.1, 0.15) is 12.1 Å². The predicted molar refractivity (Wildman–Crippen MR) is 175 cm³/mol. The summed E-state index contributed by atoms with van der Waals surface area (Å²) in [5.41, 5.74) is 0.256. The van der Waals surface area contributed by atoms with E-state index in [0.29, 0.717) is 31.3 Å². The van der Waals surface area contributed by atoms with E-state index in [1.54, 1.807) is 49.6 Å². The Morgan fingerprint density at radius 3 is 2.54 bits per heavy atom. The second-order valence-corrected chi connectivity index (χ2v) is 12.6. The minimum atomic E-state index is -0.674. The first kappa shape index (κ1) is 34.0. The molecule has 1 unspecified atom stereocenters. The Kier molecular flexibility index (Phi) is 10.4. The molecule has 2 N–H and O–H groups in total. The Hall–Kier alpha value is -4.88. The lowest BCUT2D eigenvalue weighted by Gasteiger charge is -2.34. The number of methoxy groups -OCH3 is 1. The van der Waals surface area contributed by atoms with Gasteiger partial charge in [0.15, 0.2) is 16.9 Å². The van der Waals surface area contributed by atoms with Gasteiger partial charge in [-0.05, 0) is 59.6 Å². The number of rotatable bonds is 10. The van der Waals surface area contributed by atoms with E-state index in [1.807, 2.05) is 24.8 Å². The molecule has 0 radical (unpaired) electrons. The van der Waals surface area contributed by atoms with Gasteiger partial charge in [0.2, 0.25) is 5.95 Å². The minimum Gasteiger partial charge on any atom is -0.468 e. The van der Waals surface area contributed by atoms with Crippen molar-refractivity contribution in [3.63, 3.8) is 0 Å². The van der Waals surface area contributed by atoms with Crippen LogP contribution in [0.25, 0.3) is 11.2 Å². The second kappa shape index (κ2) is 14.0. The van der Waals surface area contributed by atoms with Crippen LogP contribution in [0.3, 0.4) is 0 Å². The first-order valence-electron chi connectivity index (χ1n) is 15.2. The summed E-state index contributed by atoms with van der Waals surface area (Å²) in [5, 5.41) is 5.82. The molecular formula is C32H43N7O7. The van der Waals surface area contributed by atoms with E-state index in [1.165, 1.54) is 18.7 Å². The Labute approximate surface area is 267 Å². The fourth-order valence-electron chi connectivity index (χ4n) is 5.22. The number of carbonyl (C=O) groups is 3. The lowest BCUT2D eigenvalue weighted by Crippen LogP contribution is -2.49. The van der Waals surface area contributed by atoms with Gasteiger partial charge in [-0.3, -0.25) is 23.5 Å². The van der Waals surface area contributed by atoms with Crippen molar-refractivity contribution in [1.82, 2.24) is 24.0 Å². The van der Waals surface area contributed by atoms with Crippen molar-refractivity contribution in [2.75, 3.05) is 37.0 Å². The molecule has 1 aliphatic rings. The van der Waals surface area contributed by atoms with Gasteiger partial charge in [0, 0.05) is 44.0 Å². The summed E-state index contributed by atoms with van der Waals surface area (Å²) in [7, 11) is 2.80. The van der Waals surface area contributed by atoms with Crippen LogP contribution in [0.15, 0.2) is 45.5 Å². The van der Waals surface area contributed by atoms with Gasteiger partial charge in [0.25, 0.3) is 5.56 Å². The van der Waals surface area contributed by atoms with E-state index >= 15 is 0 Å². The van der Waals surface area contributed by atoms with Crippen LogP contribution >= 0.6 is 0 Å². The van der Waals surface area contributed by atoms with Gasteiger partial charge >= 0.3 is 17.8 Å². The number of ether oxygens (including phenoxy) is 2. The van der Waals surface area contributed by atoms with Crippen molar-refractivity contribution in [3.05, 3.63) is 62.3 Å². The van der Waals surface area contributed by atoms with Crippen molar-refractivity contribution in [2.45, 2.75) is 72.2 Å². The fraction of sp³-hybridized carbons (Fsp3) is 0.500. The fourth-order valence-corrected chi connectivity index (χ4v) is 5.22. The van der Waals surface area contributed by atoms with Gasteiger partial charge in [0.05, 0.1) is 13.7 Å². The molecule has 3 aromatic rings. The van der Waals surface area contributed by atoms with E-state index in [4.69, 9.17) is 9.72 Å². The third-order valence-electron chi connectivity index (χ3n) is 7.47. The monoisotopic (exact) mass is 637 g/mol. The molecule has 1 amide bonds. The van der Waals surface area contributed by atoms with Crippen LogP contribution in [0.5, 0.6) is 0 Å². The average molecular weight is 638 g/mol. The number of ketones is 1. The number of benzene rings is 1. The summed E-state index contributed by atoms with van der Waals surface area (Å²) < 4.78 is 14.0. The van der Waals surface area contributed by atoms with Crippen LogP contribution in [0.4, 0.5) is 16.4 Å². The molecule has 0 spiro atoms. The largest absolute Gasteiger partial charge is 0.468 e. The summed E-state index contributed by atoms with van der Waals surface area (Å²) in [6, 6.07) is 6.25. The molecule has 0 aliphatic carbocycles. The van der Waals surface area contributed by atoms with Gasteiger partial charge in [-0.2, -0.15) is 4.98 Å². The van der Waals surface area contributed by atoms with Crippen molar-refractivity contribution < 1.29 is 23.9 Å². The second-order valence-electron chi connectivity index (χ2n) is 12.6.